The third-order valence-electron chi connectivity index (χ3n) is 1.63. The first-order valence-electron chi connectivity index (χ1n) is 3.99. The van der Waals surface area contributed by atoms with Crippen molar-refractivity contribution in [2.24, 2.45) is 0 Å². The first-order valence-corrected chi connectivity index (χ1v) is 5.16. The van der Waals surface area contributed by atoms with Crippen LogP contribution in [0.15, 0.2) is 16.6 Å². The van der Waals surface area contributed by atoms with Gasteiger partial charge in [-0.25, -0.2) is 4.39 Å². The molecular formula is C9H8BrClFNO. The lowest BCUT2D eigenvalue weighted by Gasteiger charge is -2.06. The second-order valence-electron chi connectivity index (χ2n) is 2.62. The quantitative estimate of drug-likeness (QED) is 0.824. The molecule has 0 spiro atoms. The van der Waals surface area contributed by atoms with Gasteiger partial charge in [-0.1, -0.05) is 18.5 Å². The van der Waals surface area contributed by atoms with Crippen LogP contribution < -0.4 is 5.32 Å². The van der Waals surface area contributed by atoms with Crippen LogP contribution >= 0.6 is 27.5 Å². The molecule has 1 N–H and O–H groups in total. The SMILES string of the molecule is CCC(=O)Nc1ccc(Br)c(Cl)c1F. The fraction of sp³-hybridized carbons (Fsp3) is 0.222. The fourth-order valence-corrected chi connectivity index (χ4v) is 1.33. The van der Waals surface area contributed by atoms with Crippen LogP contribution in [0.3, 0.4) is 0 Å². The van der Waals surface area contributed by atoms with E-state index in [4.69, 9.17) is 11.6 Å². The van der Waals surface area contributed by atoms with Crippen molar-refractivity contribution >= 4 is 39.1 Å². The molecule has 0 aliphatic heterocycles. The molecule has 0 bridgehead atoms. The maximum Gasteiger partial charge on any atom is 0.224 e. The molecule has 0 radical (unpaired) electrons. The highest BCUT2D eigenvalue weighted by Crippen LogP contribution is 2.30. The summed E-state index contributed by atoms with van der Waals surface area (Å²) in [7, 11) is 0. The normalized spacial score (nSPS) is 10.0. The van der Waals surface area contributed by atoms with Crippen molar-refractivity contribution in [1.82, 2.24) is 0 Å². The van der Waals surface area contributed by atoms with Gasteiger partial charge in [0.05, 0.1) is 10.7 Å². The van der Waals surface area contributed by atoms with Gasteiger partial charge in [-0.2, -0.15) is 0 Å². The summed E-state index contributed by atoms with van der Waals surface area (Å²) in [6, 6.07) is 3.04. The Morgan fingerprint density at radius 3 is 2.86 bits per heavy atom. The van der Waals surface area contributed by atoms with Crippen molar-refractivity contribution in [2.45, 2.75) is 13.3 Å². The molecular weight excluding hydrogens is 272 g/mol. The minimum absolute atomic E-state index is 0.0288. The van der Waals surface area contributed by atoms with E-state index in [1.54, 1.807) is 13.0 Å². The summed E-state index contributed by atoms with van der Waals surface area (Å²) < 4.78 is 13.8. The van der Waals surface area contributed by atoms with Crippen LogP contribution in [0.25, 0.3) is 0 Å². The molecule has 0 heterocycles. The molecule has 0 aromatic heterocycles. The summed E-state index contributed by atoms with van der Waals surface area (Å²) in [5.74, 6) is -0.870. The van der Waals surface area contributed by atoms with Crippen molar-refractivity contribution in [3.63, 3.8) is 0 Å². The van der Waals surface area contributed by atoms with E-state index >= 15 is 0 Å². The van der Waals surface area contributed by atoms with E-state index < -0.39 is 5.82 Å². The van der Waals surface area contributed by atoms with Crippen LogP contribution in [-0.2, 0) is 4.79 Å². The van der Waals surface area contributed by atoms with E-state index in [0.29, 0.717) is 10.9 Å². The van der Waals surface area contributed by atoms with Crippen molar-refractivity contribution in [3.8, 4) is 0 Å². The number of halogens is 3. The number of carbonyl (C=O) groups excluding carboxylic acids is 1. The van der Waals surface area contributed by atoms with E-state index in [2.05, 4.69) is 21.2 Å². The van der Waals surface area contributed by atoms with Gasteiger partial charge in [-0.05, 0) is 28.1 Å². The zero-order valence-electron chi connectivity index (χ0n) is 7.40. The second-order valence-corrected chi connectivity index (χ2v) is 3.86. The molecule has 0 aliphatic rings. The lowest BCUT2D eigenvalue weighted by molar-refractivity contribution is -0.115. The third kappa shape index (κ3) is 2.45. The zero-order chi connectivity index (χ0) is 10.7. The van der Waals surface area contributed by atoms with Gasteiger partial charge in [0, 0.05) is 10.9 Å². The number of rotatable bonds is 2. The maximum absolute atomic E-state index is 13.4. The van der Waals surface area contributed by atoms with Gasteiger partial charge in [0.25, 0.3) is 0 Å². The molecule has 2 nitrogen and oxygen atoms in total. The summed E-state index contributed by atoms with van der Waals surface area (Å²) in [6.07, 6.45) is 0.299. The number of nitrogens with one attached hydrogen (secondary N) is 1. The second kappa shape index (κ2) is 4.75. The summed E-state index contributed by atoms with van der Waals surface area (Å²) in [5.41, 5.74) is 0.102. The highest BCUT2D eigenvalue weighted by atomic mass is 79.9. The number of amides is 1. The van der Waals surface area contributed by atoms with Crippen molar-refractivity contribution in [3.05, 3.63) is 27.4 Å². The molecule has 0 fully saturated rings. The molecule has 1 amide bonds. The minimum atomic E-state index is -0.622. The lowest BCUT2D eigenvalue weighted by Crippen LogP contribution is -2.10. The fourth-order valence-electron chi connectivity index (χ4n) is 0.861. The van der Waals surface area contributed by atoms with E-state index in [1.165, 1.54) is 6.07 Å². The predicted octanol–water partition coefficient (Wildman–Crippen LogP) is 3.59. The van der Waals surface area contributed by atoms with Gasteiger partial charge in [0.1, 0.15) is 0 Å². The lowest BCUT2D eigenvalue weighted by atomic mass is 10.3. The Morgan fingerprint density at radius 2 is 2.29 bits per heavy atom. The maximum atomic E-state index is 13.4. The van der Waals surface area contributed by atoms with Gasteiger partial charge in [0.15, 0.2) is 5.82 Å². The van der Waals surface area contributed by atoms with Crippen LogP contribution in [0, 0.1) is 5.82 Å². The molecule has 1 rings (SSSR count). The van der Waals surface area contributed by atoms with Gasteiger partial charge in [-0.3, -0.25) is 4.79 Å². The Bertz CT molecular complexity index is 370. The van der Waals surface area contributed by atoms with Gasteiger partial charge < -0.3 is 5.32 Å². The zero-order valence-corrected chi connectivity index (χ0v) is 9.75. The molecule has 0 aliphatic carbocycles. The molecule has 14 heavy (non-hydrogen) atoms. The van der Waals surface area contributed by atoms with Crippen LogP contribution in [-0.4, -0.2) is 5.91 Å². The van der Waals surface area contributed by atoms with Gasteiger partial charge >= 0.3 is 0 Å². The molecule has 0 saturated carbocycles. The first-order chi connectivity index (χ1) is 6.56. The monoisotopic (exact) mass is 279 g/mol. The summed E-state index contributed by atoms with van der Waals surface area (Å²) in [6.45, 7) is 1.69. The summed E-state index contributed by atoms with van der Waals surface area (Å²) >= 11 is 8.72. The topological polar surface area (TPSA) is 29.1 Å². The van der Waals surface area contributed by atoms with Crippen LogP contribution in [0.4, 0.5) is 10.1 Å². The van der Waals surface area contributed by atoms with E-state index in [9.17, 15) is 9.18 Å². The minimum Gasteiger partial charge on any atom is -0.324 e. The molecule has 1 aromatic carbocycles. The Kier molecular flexibility index (Phi) is 3.89. The van der Waals surface area contributed by atoms with E-state index in [0.717, 1.165) is 0 Å². The van der Waals surface area contributed by atoms with Crippen molar-refractivity contribution in [2.75, 3.05) is 5.32 Å². The van der Waals surface area contributed by atoms with Gasteiger partial charge in [0.2, 0.25) is 5.91 Å². The van der Waals surface area contributed by atoms with Crippen LogP contribution in [0.5, 0.6) is 0 Å². The number of hydrogen-bond donors (Lipinski definition) is 1. The Balaban J connectivity index is 3.00. The van der Waals surface area contributed by atoms with Crippen LogP contribution in [0.2, 0.25) is 5.02 Å². The Hall–Kier alpha value is -0.610. The number of carbonyl (C=O) groups is 1. The van der Waals surface area contributed by atoms with Crippen molar-refractivity contribution < 1.29 is 9.18 Å². The van der Waals surface area contributed by atoms with Crippen molar-refractivity contribution in [1.29, 1.82) is 0 Å². The first kappa shape index (κ1) is 11.5. The molecule has 0 unspecified atom stereocenters. The Morgan fingerprint density at radius 1 is 1.64 bits per heavy atom. The highest BCUT2D eigenvalue weighted by molar-refractivity contribution is 9.10. The summed E-state index contributed by atoms with van der Waals surface area (Å²) in [4.78, 5) is 11.0. The highest BCUT2D eigenvalue weighted by Gasteiger charge is 2.11. The number of benzene rings is 1. The molecule has 1 aromatic rings. The average molecular weight is 281 g/mol. The average Bonchev–Trinajstić information content (AvgIpc) is 2.19. The number of anilines is 1. The third-order valence-corrected chi connectivity index (χ3v) is 2.89. The van der Waals surface area contributed by atoms with E-state index in [-0.39, 0.29) is 16.6 Å². The molecule has 0 saturated heterocycles. The largest absolute Gasteiger partial charge is 0.324 e. The Labute approximate surface area is 94.6 Å². The summed E-state index contributed by atoms with van der Waals surface area (Å²) in [5, 5.41) is 2.38. The molecule has 5 heteroatoms. The molecule has 76 valence electrons. The van der Waals surface area contributed by atoms with Crippen LogP contribution in [0.1, 0.15) is 13.3 Å². The predicted molar refractivity (Wildman–Crippen MR) is 58.0 cm³/mol. The standard InChI is InChI=1S/C9H8BrClFNO/c1-2-7(14)13-6-4-3-5(10)8(11)9(6)12/h3-4H,2H2,1H3,(H,13,14). The smallest absolute Gasteiger partial charge is 0.224 e. The van der Waals surface area contributed by atoms with E-state index in [1.807, 2.05) is 0 Å². The number of hydrogen-bond acceptors (Lipinski definition) is 1. The molecule has 0 atom stereocenters. The van der Waals surface area contributed by atoms with Gasteiger partial charge in [-0.15, -0.1) is 0 Å².